The van der Waals surface area contributed by atoms with Crippen molar-refractivity contribution >= 4 is 33.9 Å². The van der Waals surface area contributed by atoms with E-state index in [1.54, 1.807) is 0 Å². The molecule has 1 heterocycles. The zero-order chi connectivity index (χ0) is 18.8. The molecule has 0 atom stereocenters. The number of carbonyl (C=O) groups excluding carboxylic acids is 1. The second-order valence-corrected chi connectivity index (χ2v) is 6.88. The van der Waals surface area contributed by atoms with Crippen molar-refractivity contribution in [2.45, 2.75) is 25.7 Å². The first-order valence-electron chi connectivity index (χ1n) is 7.80. The molecule has 1 amide bonds. The molecule has 8 nitrogen and oxygen atoms in total. The molecule has 0 bridgehead atoms. The van der Waals surface area contributed by atoms with E-state index in [0.29, 0.717) is 10.6 Å². The smallest absolute Gasteiger partial charge is 0.336 e. The highest BCUT2D eigenvalue weighted by Gasteiger charge is 2.25. The average molecular weight is 371 g/mol. The number of thiophene rings is 1. The minimum absolute atomic E-state index is 0.318. The SMILES string of the molecule is N#Cc1c(NC(=O)c2cc([N+](=O)[O-])ccc2C(=O)O)sc2c1CCCC2. The molecule has 0 unspecified atom stereocenters. The number of nitro groups is 1. The van der Waals surface area contributed by atoms with Crippen molar-refractivity contribution in [3.63, 3.8) is 0 Å². The van der Waals surface area contributed by atoms with Gasteiger partial charge in [0.25, 0.3) is 11.6 Å². The Kier molecular flexibility index (Phi) is 4.69. The first-order chi connectivity index (χ1) is 12.4. The van der Waals surface area contributed by atoms with E-state index >= 15 is 0 Å². The van der Waals surface area contributed by atoms with Crippen molar-refractivity contribution in [2.75, 3.05) is 5.32 Å². The largest absolute Gasteiger partial charge is 0.478 e. The van der Waals surface area contributed by atoms with E-state index < -0.39 is 16.8 Å². The van der Waals surface area contributed by atoms with Crippen LogP contribution in [-0.2, 0) is 12.8 Å². The van der Waals surface area contributed by atoms with Gasteiger partial charge in [-0.1, -0.05) is 0 Å². The van der Waals surface area contributed by atoms with E-state index in [4.69, 9.17) is 0 Å². The molecule has 1 aliphatic carbocycles. The van der Waals surface area contributed by atoms with Gasteiger partial charge in [-0.3, -0.25) is 14.9 Å². The van der Waals surface area contributed by atoms with Crippen molar-refractivity contribution in [1.29, 1.82) is 5.26 Å². The lowest BCUT2D eigenvalue weighted by Crippen LogP contribution is -2.16. The van der Waals surface area contributed by atoms with Gasteiger partial charge in [0.15, 0.2) is 0 Å². The number of nitrogens with one attached hydrogen (secondary N) is 1. The summed E-state index contributed by atoms with van der Waals surface area (Å²) in [6.45, 7) is 0. The Morgan fingerprint density at radius 3 is 2.65 bits per heavy atom. The van der Waals surface area contributed by atoms with E-state index in [2.05, 4.69) is 11.4 Å². The molecule has 1 aromatic carbocycles. The van der Waals surface area contributed by atoms with E-state index in [1.165, 1.54) is 11.3 Å². The van der Waals surface area contributed by atoms with Crippen molar-refractivity contribution < 1.29 is 19.6 Å². The number of amides is 1. The molecule has 1 aromatic heterocycles. The minimum Gasteiger partial charge on any atom is -0.478 e. The standard InChI is InChI=1S/C17H13N3O5S/c18-8-13-10-3-1-2-4-14(10)26-16(13)19-15(21)12-7-9(20(24)25)5-6-11(12)17(22)23/h5-7H,1-4H2,(H,19,21)(H,22,23). The maximum Gasteiger partial charge on any atom is 0.336 e. The number of fused-ring (bicyclic) bond motifs is 1. The summed E-state index contributed by atoms with van der Waals surface area (Å²) in [5, 5.41) is 32.5. The van der Waals surface area contributed by atoms with Gasteiger partial charge in [-0.2, -0.15) is 5.26 Å². The van der Waals surface area contributed by atoms with Crippen LogP contribution < -0.4 is 5.32 Å². The Morgan fingerprint density at radius 1 is 1.27 bits per heavy atom. The number of nitro benzene ring substituents is 1. The second kappa shape index (κ2) is 6.93. The fourth-order valence-corrected chi connectivity index (χ4v) is 4.20. The van der Waals surface area contributed by atoms with Gasteiger partial charge in [0.1, 0.15) is 11.1 Å². The van der Waals surface area contributed by atoms with Crippen LogP contribution >= 0.6 is 11.3 Å². The van der Waals surface area contributed by atoms with Crippen LogP contribution in [0.5, 0.6) is 0 Å². The summed E-state index contributed by atoms with van der Waals surface area (Å²) in [7, 11) is 0. The highest BCUT2D eigenvalue weighted by atomic mass is 32.1. The third-order valence-electron chi connectivity index (χ3n) is 4.20. The number of hydrogen-bond donors (Lipinski definition) is 2. The summed E-state index contributed by atoms with van der Waals surface area (Å²) in [5.41, 5.74) is 0.276. The number of non-ortho nitro benzene ring substituents is 1. The predicted molar refractivity (Wildman–Crippen MR) is 93.7 cm³/mol. The van der Waals surface area contributed by atoms with Gasteiger partial charge in [0.2, 0.25) is 0 Å². The zero-order valence-electron chi connectivity index (χ0n) is 13.4. The molecule has 0 spiro atoms. The van der Waals surface area contributed by atoms with E-state index in [-0.39, 0.29) is 16.8 Å². The molecule has 9 heteroatoms. The monoisotopic (exact) mass is 371 g/mol. The molecule has 26 heavy (non-hydrogen) atoms. The summed E-state index contributed by atoms with van der Waals surface area (Å²) >= 11 is 1.30. The lowest BCUT2D eigenvalue weighted by Gasteiger charge is -2.09. The number of carbonyl (C=O) groups is 2. The maximum atomic E-state index is 12.6. The molecule has 0 radical (unpaired) electrons. The lowest BCUT2D eigenvalue weighted by molar-refractivity contribution is -0.384. The minimum atomic E-state index is -1.36. The van der Waals surface area contributed by atoms with Crippen LogP contribution in [0.2, 0.25) is 0 Å². The van der Waals surface area contributed by atoms with Crippen molar-refractivity contribution in [1.82, 2.24) is 0 Å². The summed E-state index contributed by atoms with van der Waals surface area (Å²) in [4.78, 5) is 35.2. The molecule has 3 rings (SSSR count). The molecule has 0 aliphatic heterocycles. The quantitative estimate of drug-likeness (QED) is 0.625. The number of anilines is 1. The molecule has 2 N–H and O–H groups in total. The van der Waals surface area contributed by atoms with Crippen molar-refractivity contribution in [3.8, 4) is 6.07 Å². The third kappa shape index (κ3) is 3.14. The van der Waals surface area contributed by atoms with Crippen molar-refractivity contribution in [3.05, 3.63) is 55.4 Å². The molecule has 0 fully saturated rings. The molecule has 0 saturated carbocycles. The number of benzene rings is 1. The van der Waals surface area contributed by atoms with Crippen LogP contribution in [0.3, 0.4) is 0 Å². The Labute approximate surface area is 151 Å². The summed E-state index contributed by atoms with van der Waals surface area (Å²) in [6, 6.07) is 5.09. The first-order valence-corrected chi connectivity index (χ1v) is 8.61. The predicted octanol–water partition coefficient (Wildman–Crippen LogP) is 3.36. The molecule has 1 aliphatic rings. The fraction of sp³-hybridized carbons (Fsp3) is 0.235. The van der Waals surface area contributed by atoms with Crippen LogP contribution in [0.1, 0.15) is 49.6 Å². The highest BCUT2D eigenvalue weighted by molar-refractivity contribution is 7.16. The molecular formula is C17H13N3O5S. The number of aromatic carboxylic acids is 1. The van der Waals surface area contributed by atoms with Gasteiger partial charge >= 0.3 is 5.97 Å². The van der Waals surface area contributed by atoms with Gasteiger partial charge in [-0.15, -0.1) is 11.3 Å². The Hall–Kier alpha value is -3.25. The van der Waals surface area contributed by atoms with Gasteiger partial charge in [-0.25, -0.2) is 4.79 Å². The van der Waals surface area contributed by atoms with Crippen LogP contribution in [0.25, 0.3) is 0 Å². The first kappa shape index (κ1) is 17.6. The number of carboxylic acid groups (broad SMARTS) is 1. The van der Waals surface area contributed by atoms with Gasteiger partial charge in [0, 0.05) is 17.0 Å². The van der Waals surface area contributed by atoms with Gasteiger partial charge in [0.05, 0.1) is 21.6 Å². The molecule has 0 saturated heterocycles. The van der Waals surface area contributed by atoms with Crippen LogP contribution in [0.15, 0.2) is 18.2 Å². The maximum absolute atomic E-state index is 12.6. The topological polar surface area (TPSA) is 133 Å². The van der Waals surface area contributed by atoms with E-state index in [0.717, 1.165) is 54.3 Å². The number of carboxylic acids is 1. The van der Waals surface area contributed by atoms with Gasteiger partial charge in [-0.05, 0) is 37.3 Å². The second-order valence-electron chi connectivity index (χ2n) is 5.77. The van der Waals surface area contributed by atoms with Crippen LogP contribution in [0.4, 0.5) is 10.7 Å². The van der Waals surface area contributed by atoms with E-state index in [9.17, 15) is 30.1 Å². The highest BCUT2D eigenvalue weighted by Crippen LogP contribution is 2.38. The molecule has 2 aromatic rings. The number of nitriles is 1. The number of hydrogen-bond acceptors (Lipinski definition) is 6. The fourth-order valence-electron chi connectivity index (χ4n) is 2.96. The number of nitrogens with zero attached hydrogens (tertiary/aromatic N) is 2. The Balaban J connectivity index is 2.00. The number of aryl methyl sites for hydroxylation is 1. The van der Waals surface area contributed by atoms with Crippen molar-refractivity contribution in [2.24, 2.45) is 0 Å². The molecular weight excluding hydrogens is 358 g/mol. The summed E-state index contributed by atoms with van der Waals surface area (Å²) in [6.07, 6.45) is 3.59. The van der Waals surface area contributed by atoms with E-state index in [1.807, 2.05) is 0 Å². The average Bonchev–Trinajstić information content (AvgIpc) is 2.97. The van der Waals surface area contributed by atoms with Crippen LogP contribution in [0, 0.1) is 21.4 Å². The number of rotatable bonds is 4. The summed E-state index contributed by atoms with van der Waals surface area (Å²) < 4.78 is 0. The zero-order valence-corrected chi connectivity index (χ0v) is 14.3. The van der Waals surface area contributed by atoms with Crippen LogP contribution in [-0.4, -0.2) is 21.9 Å². The molecule has 132 valence electrons. The third-order valence-corrected chi connectivity index (χ3v) is 5.41. The lowest BCUT2D eigenvalue weighted by atomic mass is 9.96. The van der Waals surface area contributed by atoms with Gasteiger partial charge < -0.3 is 10.4 Å². The normalized spacial score (nSPS) is 12.7. The summed E-state index contributed by atoms with van der Waals surface area (Å²) in [5.74, 6) is -2.16. The Morgan fingerprint density at radius 2 is 2.00 bits per heavy atom. The Bertz CT molecular complexity index is 974.